The second-order valence-corrected chi connectivity index (χ2v) is 4.45. The second-order valence-electron chi connectivity index (χ2n) is 4.08. The Morgan fingerprint density at radius 2 is 1.80 bits per heavy atom. The molecule has 0 aliphatic carbocycles. The average molecular weight is 306 g/mol. The lowest BCUT2D eigenvalue weighted by Crippen LogP contribution is -2.18. The zero-order valence-corrected chi connectivity index (χ0v) is 10.9. The lowest BCUT2D eigenvalue weighted by molar-refractivity contribution is -0.137. The molecule has 0 saturated heterocycles. The Bertz CT molecular complexity index is 566. The molecule has 0 bridgehead atoms. The molecule has 1 aromatic heterocycles. The predicted molar refractivity (Wildman–Crippen MR) is 67.6 cm³/mol. The van der Waals surface area contributed by atoms with Gasteiger partial charge in [-0.1, -0.05) is 0 Å². The van der Waals surface area contributed by atoms with E-state index in [1.54, 1.807) is 12.1 Å². The van der Waals surface area contributed by atoms with Gasteiger partial charge in [-0.15, -0.1) is 0 Å². The molecule has 7 heteroatoms. The van der Waals surface area contributed by atoms with E-state index in [9.17, 15) is 13.2 Å². The first-order chi connectivity index (χ1) is 9.36. The van der Waals surface area contributed by atoms with Crippen LogP contribution < -0.4 is 10.5 Å². The highest BCUT2D eigenvalue weighted by Crippen LogP contribution is 2.30. The number of benzene rings is 1. The van der Waals surface area contributed by atoms with Crippen molar-refractivity contribution in [2.45, 2.75) is 12.2 Å². The highest BCUT2D eigenvalue weighted by Gasteiger charge is 2.30. The molecule has 2 N–H and O–H groups in total. The van der Waals surface area contributed by atoms with E-state index in [2.05, 4.69) is 0 Å². The van der Waals surface area contributed by atoms with Crippen LogP contribution in [-0.2, 0) is 6.18 Å². The molecule has 0 radical (unpaired) electrons. The van der Waals surface area contributed by atoms with Crippen molar-refractivity contribution >= 4 is 11.6 Å². The summed E-state index contributed by atoms with van der Waals surface area (Å²) in [4.78, 5) is 0. The Labute approximate surface area is 118 Å². The van der Waals surface area contributed by atoms with Crippen molar-refractivity contribution in [1.29, 1.82) is 0 Å². The van der Waals surface area contributed by atoms with Crippen molar-refractivity contribution in [2.24, 2.45) is 5.73 Å². The number of hydrogen-bond donors (Lipinski definition) is 1. The highest BCUT2D eigenvalue weighted by molar-refractivity contribution is 6.28. The van der Waals surface area contributed by atoms with Crippen molar-refractivity contribution in [2.75, 3.05) is 6.61 Å². The van der Waals surface area contributed by atoms with Crippen LogP contribution >= 0.6 is 11.6 Å². The lowest BCUT2D eigenvalue weighted by atomic mass is 10.2. The molecule has 2 rings (SSSR count). The van der Waals surface area contributed by atoms with Gasteiger partial charge in [0.1, 0.15) is 18.1 Å². The van der Waals surface area contributed by atoms with E-state index in [-0.39, 0.29) is 11.8 Å². The van der Waals surface area contributed by atoms with Crippen LogP contribution in [0.1, 0.15) is 17.4 Å². The molecule has 20 heavy (non-hydrogen) atoms. The average Bonchev–Trinajstić information content (AvgIpc) is 2.82. The minimum absolute atomic E-state index is 0.0647. The topological polar surface area (TPSA) is 48.4 Å². The van der Waals surface area contributed by atoms with Gasteiger partial charge in [0, 0.05) is 0 Å². The maximum Gasteiger partial charge on any atom is 0.416 e. The first kappa shape index (κ1) is 14.7. The third-order valence-corrected chi connectivity index (χ3v) is 2.77. The minimum Gasteiger partial charge on any atom is -0.491 e. The van der Waals surface area contributed by atoms with E-state index >= 15 is 0 Å². The number of ether oxygens (including phenoxy) is 1. The highest BCUT2D eigenvalue weighted by atomic mass is 35.5. The van der Waals surface area contributed by atoms with Gasteiger partial charge in [0.25, 0.3) is 0 Å². The van der Waals surface area contributed by atoms with E-state index in [4.69, 9.17) is 26.5 Å². The van der Waals surface area contributed by atoms with Crippen LogP contribution in [-0.4, -0.2) is 6.61 Å². The maximum atomic E-state index is 12.4. The summed E-state index contributed by atoms with van der Waals surface area (Å²) in [7, 11) is 0. The van der Waals surface area contributed by atoms with Crippen LogP contribution in [0.5, 0.6) is 5.75 Å². The van der Waals surface area contributed by atoms with Gasteiger partial charge in [0.05, 0.1) is 11.6 Å². The molecule has 0 amide bonds. The molecule has 1 aromatic carbocycles. The molecule has 0 fully saturated rings. The van der Waals surface area contributed by atoms with Gasteiger partial charge in [0.2, 0.25) is 0 Å². The Morgan fingerprint density at radius 1 is 1.15 bits per heavy atom. The van der Waals surface area contributed by atoms with E-state index in [0.29, 0.717) is 11.5 Å². The predicted octanol–water partition coefficient (Wildman–Crippen LogP) is 4.03. The zero-order chi connectivity index (χ0) is 14.8. The maximum absolute atomic E-state index is 12.4. The summed E-state index contributed by atoms with van der Waals surface area (Å²) >= 11 is 5.61. The molecule has 1 unspecified atom stereocenters. The Morgan fingerprint density at radius 3 is 2.30 bits per heavy atom. The van der Waals surface area contributed by atoms with Crippen molar-refractivity contribution in [3.63, 3.8) is 0 Å². The minimum atomic E-state index is -4.36. The number of hydrogen-bond acceptors (Lipinski definition) is 3. The molecule has 2 aromatic rings. The molecular weight excluding hydrogens is 295 g/mol. The number of rotatable bonds is 4. The number of furan rings is 1. The van der Waals surface area contributed by atoms with Crippen molar-refractivity contribution in [3.05, 3.63) is 52.9 Å². The molecule has 3 nitrogen and oxygen atoms in total. The normalized spacial score (nSPS) is 13.2. The standard InChI is InChI=1S/C13H11ClF3NO2/c14-12-6-5-11(20-12)10(18)7-19-9-3-1-8(2-4-9)13(15,16)17/h1-6,10H,7,18H2. The summed E-state index contributed by atoms with van der Waals surface area (Å²) in [6.07, 6.45) is -4.36. The monoisotopic (exact) mass is 305 g/mol. The van der Waals surface area contributed by atoms with Crippen LogP contribution in [0.15, 0.2) is 40.8 Å². The second kappa shape index (κ2) is 5.76. The molecule has 1 heterocycles. The smallest absolute Gasteiger partial charge is 0.416 e. The van der Waals surface area contributed by atoms with Gasteiger partial charge in [0.15, 0.2) is 5.22 Å². The number of halogens is 4. The SMILES string of the molecule is NC(COc1ccc(C(F)(F)F)cc1)c1ccc(Cl)o1. The zero-order valence-electron chi connectivity index (χ0n) is 10.2. The lowest BCUT2D eigenvalue weighted by Gasteiger charge is -2.12. The van der Waals surface area contributed by atoms with E-state index in [0.717, 1.165) is 12.1 Å². The molecule has 0 aliphatic rings. The van der Waals surface area contributed by atoms with Crippen LogP contribution in [0, 0.1) is 0 Å². The Kier molecular flexibility index (Phi) is 4.25. The van der Waals surface area contributed by atoms with Gasteiger partial charge in [-0.05, 0) is 48.0 Å². The fourth-order valence-corrected chi connectivity index (χ4v) is 1.69. The quantitative estimate of drug-likeness (QED) is 0.927. The van der Waals surface area contributed by atoms with E-state index in [1.807, 2.05) is 0 Å². The van der Waals surface area contributed by atoms with Crippen LogP contribution in [0.4, 0.5) is 13.2 Å². The Hall–Kier alpha value is -1.66. The summed E-state index contributed by atoms with van der Waals surface area (Å²) in [5, 5.41) is 0.213. The van der Waals surface area contributed by atoms with Crippen LogP contribution in [0.2, 0.25) is 5.22 Å². The first-order valence-corrected chi connectivity index (χ1v) is 6.05. The van der Waals surface area contributed by atoms with E-state index < -0.39 is 17.8 Å². The molecule has 108 valence electrons. The fraction of sp³-hybridized carbons (Fsp3) is 0.231. The summed E-state index contributed by atoms with van der Waals surface area (Å²) < 4.78 is 47.5. The van der Waals surface area contributed by atoms with Crippen molar-refractivity contribution < 1.29 is 22.3 Å². The molecule has 0 spiro atoms. The fourth-order valence-electron chi connectivity index (χ4n) is 1.54. The van der Waals surface area contributed by atoms with Gasteiger partial charge in [-0.2, -0.15) is 13.2 Å². The van der Waals surface area contributed by atoms with Gasteiger partial charge in [-0.25, -0.2) is 0 Å². The Balaban J connectivity index is 1.94. The van der Waals surface area contributed by atoms with Gasteiger partial charge < -0.3 is 14.9 Å². The van der Waals surface area contributed by atoms with Crippen LogP contribution in [0.25, 0.3) is 0 Å². The summed E-state index contributed by atoms with van der Waals surface area (Å²) in [5.41, 5.74) is 5.07. The third-order valence-electron chi connectivity index (χ3n) is 2.57. The molecular formula is C13H11ClF3NO2. The summed E-state index contributed by atoms with van der Waals surface area (Å²) in [6, 6.07) is 6.99. The summed E-state index contributed by atoms with van der Waals surface area (Å²) in [6.45, 7) is 0.0647. The molecule has 0 aliphatic heterocycles. The first-order valence-electron chi connectivity index (χ1n) is 5.67. The van der Waals surface area contributed by atoms with Crippen molar-refractivity contribution in [3.8, 4) is 5.75 Å². The van der Waals surface area contributed by atoms with Crippen molar-refractivity contribution in [1.82, 2.24) is 0 Å². The molecule has 0 saturated carbocycles. The number of alkyl halides is 3. The number of nitrogens with two attached hydrogens (primary N) is 1. The van der Waals surface area contributed by atoms with Gasteiger partial charge in [-0.3, -0.25) is 0 Å². The van der Waals surface area contributed by atoms with Crippen LogP contribution in [0.3, 0.4) is 0 Å². The van der Waals surface area contributed by atoms with Gasteiger partial charge >= 0.3 is 6.18 Å². The molecule has 1 atom stereocenters. The third kappa shape index (κ3) is 3.68. The summed E-state index contributed by atoms with van der Waals surface area (Å²) in [5.74, 6) is 0.744. The van der Waals surface area contributed by atoms with E-state index in [1.165, 1.54) is 12.1 Å². The largest absolute Gasteiger partial charge is 0.491 e.